The zero-order valence-electron chi connectivity index (χ0n) is 32.9. The maximum Gasteiger partial charge on any atom is 0.0964 e. The zero-order chi connectivity index (χ0) is 38.8. The molecule has 3 aromatic heterocycles. The van der Waals surface area contributed by atoms with Crippen LogP contribution in [0.1, 0.15) is 6.85 Å². The Balaban J connectivity index is 1.24. The van der Waals surface area contributed by atoms with Crippen LogP contribution in [-0.4, -0.2) is 15.0 Å². The Bertz CT molecular complexity index is 3230. The van der Waals surface area contributed by atoms with E-state index >= 15 is 0 Å². The number of para-hydroxylation sites is 1. The van der Waals surface area contributed by atoms with Crippen LogP contribution in [0.25, 0.3) is 99.2 Å². The maximum absolute atomic E-state index is 8.88. The van der Waals surface area contributed by atoms with Crippen LogP contribution >= 0.6 is 0 Å². The molecule has 0 aliphatic carbocycles. The van der Waals surface area contributed by atoms with E-state index in [-0.39, 0.29) is 29.7 Å². The Morgan fingerprint density at radius 2 is 1.08 bits per heavy atom. The van der Waals surface area contributed by atoms with Crippen LogP contribution in [0.5, 0.6) is 0 Å². The van der Waals surface area contributed by atoms with Gasteiger partial charge in [0.2, 0.25) is 0 Å². The molecule has 0 radical (unpaired) electrons. The number of nitrogens with zero attached hydrogens (tertiary/aromatic N) is 3. The lowest BCUT2D eigenvalue weighted by molar-refractivity contribution is 1.37. The summed E-state index contributed by atoms with van der Waals surface area (Å²) in [6.07, 6.45) is 3.68. The number of fused-ring (bicyclic) bond motifs is 5. The molecule has 0 bridgehead atoms. The van der Waals surface area contributed by atoms with Crippen LogP contribution in [0.2, 0.25) is 0 Å². The quantitative estimate of drug-likeness (QED) is 0.172. The molecule has 0 fully saturated rings. The van der Waals surface area contributed by atoms with Gasteiger partial charge in [0.1, 0.15) is 0 Å². The molecule has 0 spiro atoms. The van der Waals surface area contributed by atoms with Gasteiger partial charge in [-0.3, -0.25) is 9.97 Å². The molecule has 0 unspecified atom stereocenters. The SMILES string of the molecule is [2H]c1c([2H])c([2H])c(-c2cc(-c3cc(-c4cnc5c(ccc6cccnc65)c4)cc(-c4ccc(-c5ccccc5)c5ccccc45)c3)nc3ccccc23)c([2H])c1[2H]. The lowest BCUT2D eigenvalue weighted by Crippen LogP contribution is -1.93. The van der Waals surface area contributed by atoms with Crippen molar-refractivity contribution in [3.8, 4) is 55.8 Å². The van der Waals surface area contributed by atoms with Crippen molar-refractivity contribution in [2.45, 2.75) is 0 Å². The molecule has 0 atom stereocenters. The normalized spacial score (nSPS) is 12.8. The Labute approximate surface area is 308 Å². The Morgan fingerprint density at radius 3 is 1.90 bits per heavy atom. The van der Waals surface area contributed by atoms with Gasteiger partial charge in [0.25, 0.3) is 0 Å². The van der Waals surface area contributed by atoms with E-state index in [2.05, 4.69) is 102 Å². The van der Waals surface area contributed by atoms with Gasteiger partial charge in [0.05, 0.1) is 29.1 Å². The summed E-state index contributed by atoms with van der Waals surface area (Å²) in [6.45, 7) is 0. The molecule has 0 N–H and O–H groups in total. The van der Waals surface area contributed by atoms with Crippen molar-refractivity contribution in [2.24, 2.45) is 0 Å². The van der Waals surface area contributed by atoms with Gasteiger partial charge in [-0.15, -0.1) is 0 Å². The van der Waals surface area contributed by atoms with Crippen molar-refractivity contribution in [2.75, 3.05) is 0 Å². The zero-order valence-corrected chi connectivity index (χ0v) is 27.9. The second-order valence-electron chi connectivity index (χ2n) is 12.9. The molecule has 10 rings (SSSR count). The predicted molar refractivity (Wildman–Crippen MR) is 217 cm³/mol. The van der Waals surface area contributed by atoms with Crippen molar-refractivity contribution in [3.05, 3.63) is 188 Å². The van der Waals surface area contributed by atoms with Crippen molar-refractivity contribution in [1.82, 2.24) is 15.0 Å². The van der Waals surface area contributed by atoms with Crippen LogP contribution in [-0.2, 0) is 0 Å². The van der Waals surface area contributed by atoms with Crippen LogP contribution < -0.4 is 0 Å². The fourth-order valence-corrected chi connectivity index (χ4v) is 7.33. The molecule has 0 aliphatic heterocycles. The number of benzene rings is 7. The van der Waals surface area contributed by atoms with Crippen LogP contribution in [0.4, 0.5) is 0 Å². The molecule has 10 aromatic rings. The highest BCUT2D eigenvalue weighted by molar-refractivity contribution is 6.07. The molecule has 3 nitrogen and oxygen atoms in total. The second-order valence-corrected chi connectivity index (χ2v) is 12.9. The van der Waals surface area contributed by atoms with Gasteiger partial charge in [0.15, 0.2) is 0 Å². The summed E-state index contributed by atoms with van der Waals surface area (Å²) < 4.78 is 42.9. The van der Waals surface area contributed by atoms with Gasteiger partial charge >= 0.3 is 0 Å². The van der Waals surface area contributed by atoms with E-state index in [4.69, 9.17) is 16.8 Å². The van der Waals surface area contributed by atoms with Crippen molar-refractivity contribution in [1.29, 1.82) is 0 Å². The summed E-state index contributed by atoms with van der Waals surface area (Å²) in [6, 6.07) is 47.5. The minimum absolute atomic E-state index is 0.138. The first kappa shape index (κ1) is 25.1. The van der Waals surface area contributed by atoms with Gasteiger partial charge < -0.3 is 0 Å². The largest absolute Gasteiger partial charge is 0.254 e. The average Bonchev–Trinajstić information content (AvgIpc) is 3.27. The number of pyridine rings is 3. The van der Waals surface area contributed by atoms with Gasteiger partial charge in [-0.1, -0.05) is 133 Å². The van der Waals surface area contributed by atoms with E-state index in [0.717, 1.165) is 71.5 Å². The minimum Gasteiger partial charge on any atom is -0.254 e. The second kappa shape index (κ2) is 12.4. The van der Waals surface area contributed by atoms with Gasteiger partial charge in [-0.05, 0) is 92.2 Å². The van der Waals surface area contributed by atoms with Crippen molar-refractivity contribution >= 4 is 43.5 Å². The Kier molecular flexibility index (Phi) is 5.98. The first-order valence-corrected chi connectivity index (χ1v) is 17.2. The third-order valence-corrected chi connectivity index (χ3v) is 9.79. The summed E-state index contributed by atoms with van der Waals surface area (Å²) in [4.78, 5) is 14.7. The number of hydrogen-bond acceptors (Lipinski definition) is 3. The van der Waals surface area contributed by atoms with Crippen LogP contribution in [0.3, 0.4) is 0 Å². The summed E-state index contributed by atoms with van der Waals surface area (Å²) in [5.41, 5.74) is 10.5. The molecule has 0 aliphatic rings. The maximum atomic E-state index is 8.88. The third kappa shape index (κ3) is 5.19. The first-order valence-electron chi connectivity index (χ1n) is 19.7. The van der Waals surface area contributed by atoms with Gasteiger partial charge in [-0.2, -0.15) is 0 Å². The lowest BCUT2D eigenvalue weighted by atomic mass is 9.89. The number of hydrogen-bond donors (Lipinski definition) is 0. The topological polar surface area (TPSA) is 38.7 Å². The molecule has 0 saturated heterocycles. The van der Waals surface area contributed by atoms with E-state index in [0.29, 0.717) is 22.2 Å². The van der Waals surface area contributed by atoms with Gasteiger partial charge in [0, 0.05) is 39.7 Å². The van der Waals surface area contributed by atoms with Crippen LogP contribution in [0.15, 0.2) is 188 Å². The summed E-state index contributed by atoms with van der Waals surface area (Å²) in [7, 11) is 0. The average molecular weight is 667 g/mol. The predicted octanol–water partition coefficient (Wildman–Crippen LogP) is 12.8. The fraction of sp³-hybridized carbons (Fsp3) is 0. The molecule has 0 amide bonds. The van der Waals surface area contributed by atoms with E-state index in [1.807, 2.05) is 54.7 Å². The molecule has 0 saturated carbocycles. The highest BCUT2D eigenvalue weighted by atomic mass is 14.7. The Morgan fingerprint density at radius 1 is 0.404 bits per heavy atom. The summed E-state index contributed by atoms with van der Waals surface area (Å²) in [5.74, 6) is 0. The van der Waals surface area contributed by atoms with E-state index < -0.39 is 6.04 Å². The summed E-state index contributed by atoms with van der Waals surface area (Å²) >= 11 is 0. The monoisotopic (exact) mass is 666 g/mol. The number of aromatic nitrogens is 3. The molecule has 7 aromatic carbocycles. The van der Waals surface area contributed by atoms with Crippen molar-refractivity contribution < 1.29 is 6.85 Å². The lowest BCUT2D eigenvalue weighted by Gasteiger charge is -2.16. The standard InChI is InChI=1S/C49H31N3/c1-3-12-32(13-4-1)40-23-24-41(43-18-8-7-17-42(40)43)37-27-36(39-26-35-22-21-34-16-11-25-50-48(34)49(35)51-31-39)28-38(29-37)47-30-45(33-14-5-2-6-15-33)44-19-9-10-20-46(44)52-47/h1-31H/i2D,5D,6D,14D,15D. The number of rotatable bonds is 5. The smallest absolute Gasteiger partial charge is 0.0964 e. The third-order valence-electron chi connectivity index (χ3n) is 9.79. The van der Waals surface area contributed by atoms with E-state index in [1.54, 1.807) is 6.20 Å². The van der Waals surface area contributed by atoms with E-state index in [9.17, 15) is 0 Å². The summed E-state index contributed by atoms with van der Waals surface area (Å²) in [5, 5.41) is 4.92. The molecule has 3 heterocycles. The van der Waals surface area contributed by atoms with Gasteiger partial charge in [-0.25, -0.2) is 4.98 Å². The van der Waals surface area contributed by atoms with Crippen LogP contribution in [0, 0.1) is 0 Å². The molecule has 52 heavy (non-hydrogen) atoms. The van der Waals surface area contributed by atoms with E-state index in [1.165, 1.54) is 0 Å². The highest BCUT2D eigenvalue weighted by Crippen LogP contribution is 2.40. The first-order chi connectivity index (χ1) is 27.8. The molecular formula is C49H31N3. The van der Waals surface area contributed by atoms with Crippen molar-refractivity contribution in [3.63, 3.8) is 0 Å². The minimum atomic E-state index is -0.428. The molecular weight excluding hydrogens is 631 g/mol. The molecule has 3 heteroatoms. The Hall–Kier alpha value is -6.97. The fourth-order valence-electron chi connectivity index (χ4n) is 7.33. The molecule has 242 valence electrons. The highest BCUT2D eigenvalue weighted by Gasteiger charge is 2.16.